The lowest BCUT2D eigenvalue weighted by Crippen LogP contribution is -1.97. The molecule has 2 aromatic carbocycles. The van der Waals surface area contributed by atoms with Gasteiger partial charge in [-0.25, -0.2) is 14.4 Å². The fourth-order valence-corrected chi connectivity index (χ4v) is 2.78. The summed E-state index contributed by atoms with van der Waals surface area (Å²) in [5.41, 5.74) is 7.14. The van der Waals surface area contributed by atoms with Crippen LogP contribution in [0.25, 0.3) is 11.1 Å². The van der Waals surface area contributed by atoms with E-state index in [9.17, 15) is 4.39 Å². The van der Waals surface area contributed by atoms with Gasteiger partial charge in [0.1, 0.15) is 5.82 Å². The van der Waals surface area contributed by atoms with Gasteiger partial charge in [0.2, 0.25) is 0 Å². The summed E-state index contributed by atoms with van der Waals surface area (Å²) in [4.78, 5) is 12.4. The smallest absolute Gasteiger partial charge is 0.160 e. The predicted octanol–water partition coefficient (Wildman–Crippen LogP) is 5.86. The number of hydrogen-bond donors (Lipinski definition) is 1. The van der Waals surface area contributed by atoms with Gasteiger partial charge in [-0.15, -0.1) is 0 Å². The summed E-state index contributed by atoms with van der Waals surface area (Å²) < 4.78 is 14.9. The van der Waals surface area contributed by atoms with Crippen LogP contribution in [0.3, 0.4) is 0 Å². The fourth-order valence-electron chi connectivity index (χ4n) is 2.48. The minimum atomic E-state index is -0.376. The van der Waals surface area contributed by atoms with Gasteiger partial charge in [0, 0.05) is 29.1 Å². The molecule has 0 fully saturated rings. The molecule has 0 unspecified atom stereocenters. The zero-order valence-electron chi connectivity index (χ0n) is 15.5. The van der Waals surface area contributed by atoms with E-state index in [1.807, 2.05) is 6.07 Å². The number of halogens is 3. The van der Waals surface area contributed by atoms with Gasteiger partial charge in [0.05, 0.1) is 15.7 Å². The Morgan fingerprint density at radius 2 is 1.86 bits per heavy atom. The second-order valence-corrected chi connectivity index (χ2v) is 6.35. The lowest BCUT2D eigenvalue weighted by molar-refractivity contribution is 0.622. The Morgan fingerprint density at radius 1 is 1.11 bits per heavy atom. The first-order valence-corrected chi connectivity index (χ1v) is 9.05. The van der Waals surface area contributed by atoms with Crippen LogP contribution in [0.5, 0.6) is 0 Å². The number of pyridine rings is 1. The molecule has 7 heteroatoms. The van der Waals surface area contributed by atoms with Crippen LogP contribution in [0.15, 0.2) is 64.8 Å². The number of aromatic nitrogens is 1. The van der Waals surface area contributed by atoms with Crippen LogP contribution in [0.2, 0.25) is 10.0 Å². The van der Waals surface area contributed by atoms with Crippen LogP contribution in [0.1, 0.15) is 11.1 Å². The van der Waals surface area contributed by atoms with Crippen molar-refractivity contribution in [2.24, 2.45) is 15.7 Å². The zero-order chi connectivity index (χ0) is 20.7. The summed E-state index contributed by atoms with van der Waals surface area (Å²) in [5.74, 6) is 0.00197. The van der Waals surface area contributed by atoms with Gasteiger partial charge in [-0.05, 0) is 62.7 Å². The first-order valence-electron chi connectivity index (χ1n) is 8.29. The maximum Gasteiger partial charge on any atom is 0.160 e. The van der Waals surface area contributed by atoms with Gasteiger partial charge in [0.25, 0.3) is 0 Å². The van der Waals surface area contributed by atoms with Crippen molar-refractivity contribution in [3.8, 4) is 11.1 Å². The molecule has 0 saturated carbocycles. The monoisotopic (exact) mass is 416 g/mol. The van der Waals surface area contributed by atoms with Gasteiger partial charge >= 0.3 is 0 Å². The van der Waals surface area contributed by atoms with E-state index in [0.29, 0.717) is 43.8 Å². The van der Waals surface area contributed by atoms with Crippen molar-refractivity contribution < 1.29 is 4.39 Å². The van der Waals surface area contributed by atoms with Crippen molar-refractivity contribution in [3.05, 3.63) is 81.8 Å². The maximum absolute atomic E-state index is 14.9. The molecule has 1 heterocycles. The van der Waals surface area contributed by atoms with Gasteiger partial charge in [0.15, 0.2) is 5.84 Å². The highest BCUT2D eigenvalue weighted by molar-refractivity contribution is 6.42. The molecule has 0 aliphatic carbocycles. The van der Waals surface area contributed by atoms with Crippen LogP contribution < -0.4 is 5.73 Å². The lowest BCUT2D eigenvalue weighted by Gasteiger charge is -2.10. The minimum absolute atomic E-state index is 0.373. The topological polar surface area (TPSA) is 63.6 Å². The standard InChI is InChI=1S/C20H14Cl2FN3.CH5N/c1-12-18(26-20(24-2)14-4-3-9-25-11-14)8-6-15(19(12)23)13-5-7-16(21)17(22)10-13;1-2/h3-11H,2H2,1H3;2H2,1H3. The highest BCUT2D eigenvalue weighted by atomic mass is 35.5. The van der Waals surface area contributed by atoms with E-state index in [4.69, 9.17) is 23.2 Å². The van der Waals surface area contributed by atoms with E-state index < -0.39 is 0 Å². The van der Waals surface area contributed by atoms with Crippen LogP contribution in [-0.2, 0) is 0 Å². The van der Waals surface area contributed by atoms with E-state index >= 15 is 0 Å². The Bertz CT molecular complexity index is 1000. The number of hydrogen-bond acceptors (Lipinski definition) is 3. The average Bonchev–Trinajstić information content (AvgIpc) is 2.73. The number of nitrogens with two attached hydrogens (primary N) is 1. The Morgan fingerprint density at radius 3 is 2.46 bits per heavy atom. The number of rotatable bonds is 3. The van der Waals surface area contributed by atoms with E-state index in [0.717, 1.165) is 0 Å². The van der Waals surface area contributed by atoms with Crippen molar-refractivity contribution in [2.75, 3.05) is 7.05 Å². The summed E-state index contributed by atoms with van der Waals surface area (Å²) >= 11 is 12.0. The SMILES string of the molecule is C=NC(=Nc1ccc(-c2ccc(Cl)c(Cl)c2)c(F)c1C)c1cccnc1.CN. The minimum Gasteiger partial charge on any atom is -0.333 e. The molecule has 28 heavy (non-hydrogen) atoms. The van der Waals surface area contributed by atoms with Crippen LogP contribution >= 0.6 is 23.2 Å². The largest absolute Gasteiger partial charge is 0.333 e. The summed E-state index contributed by atoms with van der Waals surface area (Å²) in [6.45, 7) is 5.21. The molecule has 3 rings (SSSR count). The highest BCUT2D eigenvalue weighted by Crippen LogP contribution is 2.34. The Balaban J connectivity index is 0.00000136. The molecule has 0 atom stereocenters. The molecule has 0 aliphatic heterocycles. The Labute approximate surface area is 173 Å². The molecule has 4 nitrogen and oxygen atoms in total. The van der Waals surface area contributed by atoms with Crippen molar-refractivity contribution in [2.45, 2.75) is 6.92 Å². The summed E-state index contributed by atoms with van der Waals surface area (Å²) in [6.07, 6.45) is 3.28. The van der Waals surface area contributed by atoms with Crippen LogP contribution in [0, 0.1) is 12.7 Å². The number of benzene rings is 2. The van der Waals surface area contributed by atoms with Gasteiger partial charge in [-0.3, -0.25) is 4.98 Å². The zero-order valence-corrected chi connectivity index (χ0v) is 17.0. The third-order valence-corrected chi connectivity index (χ3v) is 4.62. The molecule has 3 aromatic rings. The Hall–Kier alpha value is -2.60. The van der Waals surface area contributed by atoms with Crippen LogP contribution in [0.4, 0.5) is 10.1 Å². The molecular weight excluding hydrogens is 398 g/mol. The first-order chi connectivity index (χ1) is 13.5. The molecule has 0 aliphatic rings. The maximum atomic E-state index is 14.9. The van der Waals surface area contributed by atoms with E-state index in [1.165, 1.54) is 7.05 Å². The molecule has 1 aromatic heterocycles. The quantitative estimate of drug-likeness (QED) is 0.429. The molecule has 144 valence electrons. The third kappa shape index (κ3) is 4.81. The number of amidine groups is 1. The van der Waals surface area contributed by atoms with Crippen molar-refractivity contribution in [1.82, 2.24) is 4.98 Å². The van der Waals surface area contributed by atoms with Gasteiger partial charge < -0.3 is 5.73 Å². The van der Waals surface area contributed by atoms with Crippen molar-refractivity contribution >= 4 is 41.4 Å². The summed E-state index contributed by atoms with van der Waals surface area (Å²) in [5, 5.41) is 0.796. The highest BCUT2D eigenvalue weighted by Gasteiger charge is 2.13. The summed E-state index contributed by atoms with van der Waals surface area (Å²) in [6, 6.07) is 12.0. The second kappa shape index (κ2) is 10.1. The third-order valence-electron chi connectivity index (χ3n) is 3.88. The van der Waals surface area contributed by atoms with Gasteiger partial charge in [-0.1, -0.05) is 29.3 Å². The summed E-state index contributed by atoms with van der Waals surface area (Å²) in [7, 11) is 1.50. The number of nitrogens with zero attached hydrogens (tertiary/aromatic N) is 3. The molecule has 0 radical (unpaired) electrons. The normalized spacial score (nSPS) is 10.9. The fraction of sp³-hybridized carbons (Fsp3) is 0.0952. The van der Waals surface area contributed by atoms with Gasteiger partial charge in [-0.2, -0.15) is 0 Å². The molecular formula is C21H19Cl2FN4. The molecule has 0 spiro atoms. The molecule has 0 bridgehead atoms. The molecule has 2 N–H and O–H groups in total. The molecule has 0 amide bonds. The molecule has 0 saturated heterocycles. The second-order valence-electron chi connectivity index (χ2n) is 5.54. The van der Waals surface area contributed by atoms with E-state index in [1.54, 1.807) is 55.7 Å². The lowest BCUT2D eigenvalue weighted by atomic mass is 10.0. The first kappa shape index (κ1) is 21.7. The average molecular weight is 417 g/mol. The number of aliphatic imine (C=N–C) groups is 2. The van der Waals surface area contributed by atoms with E-state index in [2.05, 4.69) is 27.4 Å². The Kier molecular flexibility index (Phi) is 7.81. The van der Waals surface area contributed by atoms with Crippen molar-refractivity contribution in [1.29, 1.82) is 0 Å². The van der Waals surface area contributed by atoms with Crippen molar-refractivity contribution in [3.63, 3.8) is 0 Å². The van der Waals surface area contributed by atoms with E-state index in [-0.39, 0.29) is 5.82 Å². The predicted molar refractivity (Wildman–Crippen MR) is 117 cm³/mol. The van der Waals surface area contributed by atoms with Crippen LogP contribution in [-0.4, -0.2) is 24.6 Å².